The average Bonchev–Trinajstić information content (AvgIpc) is 2.75. The Bertz CT molecular complexity index is 852. The monoisotopic (exact) mass is 415 g/mol. The van der Waals surface area contributed by atoms with Gasteiger partial charge >= 0.3 is 18.1 Å². The number of nitrogens with one attached hydrogen (secondary N) is 1. The molecule has 0 saturated heterocycles. The standard InChI is InChI=1S/C19H25N7O4/c1-3-21-19(28)26(13-4-6-14(7-5-13)30-17(20)27)16-11-22-15(10-23-16)12-8-24-18(29-2)25-9-12/h8-11,13-14H,3-7H2,1-2H3,(H2,20,27)(H,21,28)/t13-,14-. The number of primary amides is 1. The van der Waals surface area contributed by atoms with E-state index in [1.807, 2.05) is 6.92 Å². The molecule has 3 amide bonds. The Hall–Kier alpha value is -3.50. The summed E-state index contributed by atoms with van der Waals surface area (Å²) in [5.74, 6) is 0.443. The van der Waals surface area contributed by atoms with Gasteiger partial charge in [0.2, 0.25) is 0 Å². The molecule has 1 saturated carbocycles. The van der Waals surface area contributed by atoms with Crippen molar-refractivity contribution in [1.82, 2.24) is 25.3 Å². The predicted molar refractivity (Wildman–Crippen MR) is 108 cm³/mol. The second kappa shape index (κ2) is 9.81. The van der Waals surface area contributed by atoms with Gasteiger partial charge in [-0.3, -0.25) is 9.88 Å². The molecule has 1 aliphatic carbocycles. The lowest BCUT2D eigenvalue weighted by Gasteiger charge is -2.35. The fourth-order valence-electron chi connectivity index (χ4n) is 3.43. The van der Waals surface area contributed by atoms with E-state index in [0.29, 0.717) is 49.3 Å². The minimum atomic E-state index is -0.775. The first kappa shape index (κ1) is 21.2. The average molecular weight is 415 g/mol. The predicted octanol–water partition coefficient (Wildman–Crippen LogP) is 1.88. The molecule has 0 atom stereocenters. The summed E-state index contributed by atoms with van der Waals surface area (Å²) in [6, 6.07) is -0.0676. The van der Waals surface area contributed by atoms with Crippen molar-refractivity contribution in [2.45, 2.75) is 44.8 Å². The number of aromatic nitrogens is 4. The third-order valence-electron chi connectivity index (χ3n) is 4.83. The minimum Gasteiger partial charge on any atom is -0.467 e. The zero-order valence-corrected chi connectivity index (χ0v) is 16.9. The molecule has 0 aromatic carbocycles. The van der Waals surface area contributed by atoms with E-state index in [4.69, 9.17) is 15.2 Å². The van der Waals surface area contributed by atoms with Crippen LogP contribution in [-0.2, 0) is 4.74 Å². The number of hydrogen-bond acceptors (Lipinski definition) is 8. The Morgan fingerprint density at radius 3 is 2.33 bits per heavy atom. The Labute approximate surface area is 174 Å². The largest absolute Gasteiger partial charge is 0.467 e. The van der Waals surface area contributed by atoms with Gasteiger partial charge in [-0.1, -0.05) is 0 Å². The highest BCUT2D eigenvalue weighted by Crippen LogP contribution is 2.28. The van der Waals surface area contributed by atoms with Gasteiger partial charge in [-0.25, -0.2) is 24.5 Å². The first-order chi connectivity index (χ1) is 14.5. The molecule has 0 aliphatic heterocycles. The van der Waals surface area contributed by atoms with E-state index < -0.39 is 6.09 Å². The molecule has 11 nitrogen and oxygen atoms in total. The van der Waals surface area contributed by atoms with Crippen molar-refractivity contribution in [3.05, 3.63) is 24.8 Å². The highest BCUT2D eigenvalue weighted by molar-refractivity contribution is 5.91. The van der Waals surface area contributed by atoms with E-state index in [2.05, 4.69) is 25.3 Å². The van der Waals surface area contributed by atoms with Crippen molar-refractivity contribution < 1.29 is 19.1 Å². The van der Waals surface area contributed by atoms with Gasteiger partial charge in [0, 0.05) is 30.5 Å². The molecule has 0 bridgehead atoms. The number of rotatable bonds is 6. The van der Waals surface area contributed by atoms with Crippen LogP contribution in [0.25, 0.3) is 11.3 Å². The Morgan fingerprint density at radius 1 is 1.10 bits per heavy atom. The summed E-state index contributed by atoms with van der Waals surface area (Å²) in [5, 5.41) is 2.82. The fourth-order valence-corrected chi connectivity index (χ4v) is 3.43. The van der Waals surface area contributed by atoms with E-state index in [1.165, 1.54) is 7.11 Å². The molecule has 1 aliphatic rings. The number of ether oxygens (including phenoxy) is 2. The van der Waals surface area contributed by atoms with Crippen LogP contribution in [0.2, 0.25) is 0 Å². The summed E-state index contributed by atoms with van der Waals surface area (Å²) < 4.78 is 10.0. The first-order valence-electron chi connectivity index (χ1n) is 9.73. The minimum absolute atomic E-state index is 0.0891. The van der Waals surface area contributed by atoms with Gasteiger partial charge in [0.05, 0.1) is 25.2 Å². The van der Waals surface area contributed by atoms with Gasteiger partial charge in [-0.15, -0.1) is 0 Å². The van der Waals surface area contributed by atoms with E-state index >= 15 is 0 Å². The van der Waals surface area contributed by atoms with Crippen molar-refractivity contribution in [2.24, 2.45) is 5.73 Å². The number of carbonyl (C=O) groups is 2. The number of carbonyl (C=O) groups excluding carboxylic acids is 2. The molecule has 2 aromatic rings. The van der Waals surface area contributed by atoms with Crippen LogP contribution in [-0.4, -0.2) is 57.9 Å². The third kappa shape index (κ3) is 5.10. The van der Waals surface area contributed by atoms with Crippen LogP contribution >= 0.6 is 0 Å². The molecule has 0 radical (unpaired) electrons. The van der Waals surface area contributed by atoms with E-state index in [1.54, 1.807) is 29.7 Å². The zero-order valence-electron chi connectivity index (χ0n) is 16.9. The molecule has 1 fully saturated rings. The van der Waals surface area contributed by atoms with Gasteiger partial charge < -0.3 is 20.5 Å². The summed E-state index contributed by atoms with van der Waals surface area (Å²) in [7, 11) is 1.49. The van der Waals surface area contributed by atoms with Crippen molar-refractivity contribution in [3.8, 4) is 17.3 Å². The van der Waals surface area contributed by atoms with E-state index in [0.717, 1.165) is 0 Å². The maximum Gasteiger partial charge on any atom is 0.404 e. The molecule has 3 N–H and O–H groups in total. The summed E-state index contributed by atoms with van der Waals surface area (Å²) in [6.45, 7) is 2.34. The maximum absolute atomic E-state index is 12.7. The number of methoxy groups -OCH3 is 1. The molecule has 160 valence electrons. The number of nitrogens with two attached hydrogens (primary N) is 1. The lowest BCUT2D eigenvalue weighted by molar-refractivity contribution is 0.0786. The quantitative estimate of drug-likeness (QED) is 0.727. The van der Waals surface area contributed by atoms with Crippen LogP contribution in [0, 0.1) is 0 Å². The van der Waals surface area contributed by atoms with E-state index in [9.17, 15) is 9.59 Å². The van der Waals surface area contributed by atoms with Crippen molar-refractivity contribution in [2.75, 3.05) is 18.6 Å². The Kier molecular flexibility index (Phi) is 6.94. The number of anilines is 1. The molecule has 2 heterocycles. The van der Waals surface area contributed by atoms with Gasteiger partial charge in [0.25, 0.3) is 0 Å². The molecular weight excluding hydrogens is 390 g/mol. The Balaban J connectivity index is 1.77. The third-order valence-corrected chi connectivity index (χ3v) is 4.83. The number of nitrogens with zero attached hydrogens (tertiary/aromatic N) is 5. The first-order valence-corrected chi connectivity index (χ1v) is 9.73. The summed E-state index contributed by atoms with van der Waals surface area (Å²) in [6.07, 6.45) is 7.89. The lowest BCUT2D eigenvalue weighted by Crippen LogP contribution is -2.49. The van der Waals surface area contributed by atoms with Crippen LogP contribution in [0.15, 0.2) is 24.8 Å². The fraction of sp³-hybridized carbons (Fsp3) is 0.474. The smallest absolute Gasteiger partial charge is 0.404 e. The van der Waals surface area contributed by atoms with Gasteiger partial charge in [0.15, 0.2) is 5.82 Å². The van der Waals surface area contributed by atoms with Crippen LogP contribution in [0.3, 0.4) is 0 Å². The van der Waals surface area contributed by atoms with E-state index in [-0.39, 0.29) is 24.2 Å². The second-order valence-electron chi connectivity index (χ2n) is 6.79. The number of urea groups is 1. The van der Waals surface area contributed by atoms with Gasteiger partial charge in [0.1, 0.15) is 6.10 Å². The second-order valence-corrected chi connectivity index (χ2v) is 6.79. The van der Waals surface area contributed by atoms with Crippen molar-refractivity contribution in [1.29, 1.82) is 0 Å². The Morgan fingerprint density at radius 2 is 1.80 bits per heavy atom. The molecule has 2 aromatic heterocycles. The van der Waals surface area contributed by atoms with Gasteiger partial charge in [-0.2, -0.15) is 0 Å². The molecule has 0 unspecified atom stereocenters. The summed E-state index contributed by atoms with van der Waals surface area (Å²) >= 11 is 0. The van der Waals surface area contributed by atoms with Gasteiger partial charge in [-0.05, 0) is 32.6 Å². The highest BCUT2D eigenvalue weighted by Gasteiger charge is 2.32. The summed E-state index contributed by atoms with van der Waals surface area (Å²) in [4.78, 5) is 42.3. The molecule has 3 rings (SSSR count). The van der Waals surface area contributed by atoms with Crippen LogP contribution < -0.4 is 20.7 Å². The molecule has 30 heavy (non-hydrogen) atoms. The summed E-state index contributed by atoms with van der Waals surface area (Å²) in [5.41, 5.74) is 6.37. The number of hydrogen-bond donors (Lipinski definition) is 2. The maximum atomic E-state index is 12.7. The number of amides is 3. The lowest BCUT2D eigenvalue weighted by atomic mass is 9.92. The van der Waals surface area contributed by atoms with Crippen LogP contribution in [0.5, 0.6) is 6.01 Å². The normalized spacial score (nSPS) is 18.3. The molecule has 11 heteroatoms. The molecular formula is C19H25N7O4. The zero-order chi connectivity index (χ0) is 21.5. The van der Waals surface area contributed by atoms with Crippen molar-refractivity contribution in [3.63, 3.8) is 0 Å². The van der Waals surface area contributed by atoms with Crippen LogP contribution in [0.1, 0.15) is 32.6 Å². The highest BCUT2D eigenvalue weighted by atomic mass is 16.6. The van der Waals surface area contributed by atoms with Crippen LogP contribution in [0.4, 0.5) is 15.4 Å². The SMILES string of the molecule is CCNC(=O)N(c1cnc(-c2cnc(OC)nc2)cn1)[C@H]1CC[C@H](OC(N)=O)CC1. The van der Waals surface area contributed by atoms with Crippen molar-refractivity contribution >= 4 is 17.9 Å². The topological polar surface area (TPSA) is 145 Å². The molecule has 0 spiro atoms.